The minimum atomic E-state index is -1.62. The molecule has 4 bridgehead atoms. The highest BCUT2D eigenvalue weighted by Crippen LogP contribution is 2.84. The van der Waals surface area contributed by atoms with Crippen molar-refractivity contribution < 1.29 is 9.59 Å². The van der Waals surface area contributed by atoms with E-state index in [9.17, 15) is 9.59 Å². The number of Topliss-reactive ketones (excluding diaryl/α,β-unsaturated/α-hetero) is 2. The van der Waals surface area contributed by atoms with Crippen LogP contribution in [0.5, 0.6) is 0 Å². The van der Waals surface area contributed by atoms with Crippen molar-refractivity contribution in [3.05, 3.63) is 20.1 Å². The molecule has 24 heavy (non-hydrogen) atoms. The fourth-order valence-electron chi connectivity index (χ4n) is 5.49. The molecule has 5 aliphatic carbocycles. The third-order valence-corrected chi connectivity index (χ3v) is 11.3. The van der Waals surface area contributed by atoms with E-state index in [1.807, 2.05) is 0 Å². The number of halogens is 8. The lowest BCUT2D eigenvalue weighted by atomic mass is 9.49. The largest absolute Gasteiger partial charge is 0.295 e. The third-order valence-electron chi connectivity index (χ3n) is 6.37. The highest BCUT2D eigenvalue weighted by atomic mass is 35.5. The number of carbonyl (C=O) groups excluding carboxylic acids is 2. The summed E-state index contributed by atoms with van der Waals surface area (Å²) in [6.07, 6.45) is 0. The van der Waals surface area contributed by atoms with Crippen molar-refractivity contribution in [2.75, 3.05) is 0 Å². The lowest BCUT2D eigenvalue weighted by molar-refractivity contribution is -0.121. The van der Waals surface area contributed by atoms with Crippen LogP contribution >= 0.6 is 92.8 Å². The molecule has 3 fully saturated rings. The Morgan fingerprint density at radius 1 is 0.500 bits per heavy atom. The second-order valence-electron chi connectivity index (χ2n) is 6.86. The Hall–Kier alpha value is 1.14. The molecule has 5 rings (SSSR count). The molecule has 128 valence electrons. The van der Waals surface area contributed by atoms with Crippen LogP contribution in [0.1, 0.15) is 0 Å². The summed E-state index contributed by atoms with van der Waals surface area (Å²) in [5.74, 6) is -3.38. The van der Waals surface area contributed by atoms with Crippen molar-refractivity contribution in [1.82, 2.24) is 0 Å². The molecule has 10 heteroatoms. The first-order chi connectivity index (χ1) is 10.9. The zero-order chi connectivity index (χ0) is 17.8. The molecule has 0 heterocycles. The van der Waals surface area contributed by atoms with Gasteiger partial charge in [-0.1, -0.05) is 46.4 Å². The van der Waals surface area contributed by atoms with Crippen LogP contribution in [0.15, 0.2) is 20.1 Å². The minimum Gasteiger partial charge on any atom is -0.295 e. The molecule has 8 atom stereocenters. The first kappa shape index (κ1) is 17.3. The van der Waals surface area contributed by atoms with Crippen LogP contribution in [0.25, 0.3) is 0 Å². The molecule has 2 nitrogen and oxygen atoms in total. The molecule has 0 N–H and O–H groups in total. The van der Waals surface area contributed by atoms with E-state index in [1.54, 1.807) is 0 Å². The summed E-state index contributed by atoms with van der Waals surface area (Å²) in [4.78, 5) is 19.3. The van der Waals surface area contributed by atoms with Gasteiger partial charge in [0, 0.05) is 23.7 Å². The van der Waals surface area contributed by atoms with Crippen LogP contribution in [0.4, 0.5) is 0 Å². The normalized spacial score (nSPS) is 60.2. The van der Waals surface area contributed by atoms with Crippen LogP contribution in [-0.2, 0) is 9.59 Å². The van der Waals surface area contributed by atoms with Gasteiger partial charge in [0.25, 0.3) is 0 Å². The maximum atomic E-state index is 12.9. The van der Waals surface area contributed by atoms with Crippen molar-refractivity contribution >= 4 is 104 Å². The van der Waals surface area contributed by atoms with Gasteiger partial charge in [0.15, 0.2) is 11.6 Å². The first-order valence-electron chi connectivity index (χ1n) is 6.91. The van der Waals surface area contributed by atoms with Crippen LogP contribution in [0.3, 0.4) is 0 Å². The average Bonchev–Trinajstić information content (AvgIpc) is 2.86. The van der Waals surface area contributed by atoms with E-state index in [0.29, 0.717) is 0 Å². The fraction of sp³-hybridized carbons (Fsp3) is 0.571. The van der Waals surface area contributed by atoms with Crippen LogP contribution in [0.2, 0.25) is 0 Å². The van der Waals surface area contributed by atoms with Crippen molar-refractivity contribution in [3.8, 4) is 0 Å². The second-order valence-corrected chi connectivity index (χ2v) is 10.8. The predicted octanol–water partition coefficient (Wildman–Crippen LogP) is 4.95. The molecule has 4 unspecified atom stereocenters. The van der Waals surface area contributed by atoms with Gasteiger partial charge in [-0.3, -0.25) is 9.59 Å². The lowest BCUT2D eigenvalue weighted by Gasteiger charge is -2.59. The Balaban J connectivity index is 1.80. The molecule has 0 aromatic carbocycles. The summed E-state index contributed by atoms with van der Waals surface area (Å²) in [6.45, 7) is 0. The van der Waals surface area contributed by atoms with Gasteiger partial charge >= 0.3 is 0 Å². The summed E-state index contributed by atoms with van der Waals surface area (Å²) in [5, 5.41) is -0.0709. The molecule has 0 spiro atoms. The molecule has 5 aliphatic rings. The van der Waals surface area contributed by atoms with Crippen molar-refractivity contribution in [2.24, 2.45) is 23.7 Å². The summed E-state index contributed by atoms with van der Waals surface area (Å²) in [7, 11) is 0. The third kappa shape index (κ3) is 1.20. The van der Waals surface area contributed by atoms with Gasteiger partial charge in [0.2, 0.25) is 0 Å². The van der Waals surface area contributed by atoms with Gasteiger partial charge in [-0.15, -0.1) is 46.4 Å². The van der Waals surface area contributed by atoms with E-state index in [2.05, 4.69) is 0 Å². The average molecular weight is 488 g/mol. The molecule has 0 aromatic rings. The summed E-state index contributed by atoms with van der Waals surface area (Å²) >= 11 is 51.4. The molecule has 0 aliphatic heterocycles. The fourth-order valence-corrected chi connectivity index (χ4v) is 9.28. The summed E-state index contributed by atoms with van der Waals surface area (Å²) in [6, 6.07) is 0. The quantitative estimate of drug-likeness (QED) is 0.453. The van der Waals surface area contributed by atoms with Crippen LogP contribution in [-0.4, -0.2) is 31.1 Å². The minimum absolute atomic E-state index is 0.0177. The first-order valence-corrected chi connectivity index (χ1v) is 9.93. The Morgan fingerprint density at radius 2 is 0.667 bits per heavy atom. The van der Waals surface area contributed by atoms with Crippen LogP contribution < -0.4 is 0 Å². The van der Waals surface area contributed by atoms with Gasteiger partial charge < -0.3 is 0 Å². The van der Waals surface area contributed by atoms with Crippen molar-refractivity contribution in [3.63, 3.8) is 0 Å². The van der Waals surface area contributed by atoms with E-state index in [0.717, 1.165) is 0 Å². The maximum absolute atomic E-state index is 12.9. The SMILES string of the molecule is O=C1[C@@]2(Cl)C(Cl)=C(Cl)[C@@]1(Cl)C1C2C2C1[C@]1(Cl)C(=O)[C@@]2(Cl)C(Cl)=C1Cl. The molecular weight excluding hydrogens is 484 g/mol. The molecule has 0 aromatic heterocycles. The van der Waals surface area contributed by atoms with Crippen LogP contribution in [0, 0.1) is 23.7 Å². The highest BCUT2D eigenvalue weighted by Gasteiger charge is 2.92. The number of ketones is 2. The number of carbonyl (C=O) groups is 2. The number of hydrogen-bond acceptors (Lipinski definition) is 2. The van der Waals surface area contributed by atoms with E-state index in [4.69, 9.17) is 92.8 Å². The highest BCUT2D eigenvalue weighted by molar-refractivity contribution is 6.65. The molecular formula is C14H4Cl8O2. The molecule has 0 saturated heterocycles. The maximum Gasteiger partial charge on any atom is 0.186 e. The standard InChI is InChI=1S/C14H4Cl8O2/c15-5-6(16)12(20)2-1(11(5,19)9(12)23)3-4(2)14(22)8(18)7(17)13(3,21)10(14)24/h1-4H/t1?,2?,3?,4?,11-,12-,13-,14+/m0/s1. The Morgan fingerprint density at radius 3 is 0.833 bits per heavy atom. The number of hydrogen-bond donors (Lipinski definition) is 0. The van der Waals surface area contributed by atoms with Gasteiger partial charge in [-0.2, -0.15) is 0 Å². The number of alkyl halides is 4. The second kappa shape index (κ2) is 4.25. The molecule has 0 amide bonds. The molecule has 0 radical (unpaired) electrons. The van der Waals surface area contributed by atoms with E-state index in [1.165, 1.54) is 0 Å². The van der Waals surface area contributed by atoms with Crippen molar-refractivity contribution in [1.29, 1.82) is 0 Å². The number of rotatable bonds is 0. The topological polar surface area (TPSA) is 34.1 Å². The summed E-state index contributed by atoms with van der Waals surface area (Å²) in [5.41, 5.74) is 0. The Bertz CT molecular complexity index is 723. The predicted molar refractivity (Wildman–Crippen MR) is 95.8 cm³/mol. The van der Waals surface area contributed by atoms with E-state index >= 15 is 0 Å². The smallest absolute Gasteiger partial charge is 0.186 e. The summed E-state index contributed by atoms with van der Waals surface area (Å²) < 4.78 is 0. The Labute approximate surface area is 176 Å². The lowest BCUT2D eigenvalue weighted by Crippen LogP contribution is -2.64. The van der Waals surface area contributed by atoms with Gasteiger partial charge in [-0.05, 0) is 0 Å². The zero-order valence-corrected chi connectivity index (χ0v) is 17.2. The van der Waals surface area contributed by atoms with Gasteiger partial charge in [0.05, 0.1) is 20.1 Å². The number of allylic oxidation sites excluding steroid dienone is 4. The van der Waals surface area contributed by atoms with Crippen molar-refractivity contribution in [2.45, 2.75) is 19.5 Å². The van der Waals surface area contributed by atoms with E-state index < -0.39 is 54.7 Å². The monoisotopic (exact) mass is 484 g/mol. The number of fused-ring (bicyclic) bond motifs is 12. The molecule has 3 saturated carbocycles. The van der Waals surface area contributed by atoms with Gasteiger partial charge in [0.1, 0.15) is 19.5 Å². The van der Waals surface area contributed by atoms with Gasteiger partial charge in [-0.25, -0.2) is 0 Å². The zero-order valence-electron chi connectivity index (χ0n) is 11.1. The van der Waals surface area contributed by atoms with E-state index in [-0.39, 0.29) is 20.1 Å². The Kier molecular flexibility index (Phi) is 3.06.